The van der Waals surface area contributed by atoms with Gasteiger partial charge < -0.3 is 4.74 Å². The molecular formula is C18H15ClN6O2. The van der Waals surface area contributed by atoms with Gasteiger partial charge in [-0.15, -0.1) is 5.10 Å². The summed E-state index contributed by atoms with van der Waals surface area (Å²) in [5.41, 5.74) is 1.88. The van der Waals surface area contributed by atoms with Gasteiger partial charge in [-0.3, -0.25) is 0 Å². The van der Waals surface area contributed by atoms with Crippen molar-refractivity contribution in [1.29, 1.82) is 0 Å². The molecule has 4 aromatic rings. The largest absolute Gasteiger partial charge is 0.471 e. The molecule has 2 aromatic carbocycles. The van der Waals surface area contributed by atoms with Crippen LogP contribution >= 0.6 is 11.6 Å². The summed E-state index contributed by atoms with van der Waals surface area (Å²) >= 11 is 6.26. The minimum Gasteiger partial charge on any atom is -0.471 e. The van der Waals surface area contributed by atoms with Gasteiger partial charge in [0.2, 0.25) is 0 Å². The molecular weight excluding hydrogens is 368 g/mol. The molecule has 0 aliphatic carbocycles. The molecule has 0 fully saturated rings. The number of benzene rings is 2. The summed E-state index contributed by atoms with van der Waals surface area (Å²) in [6.07, 6.45) is 1.69. The first-order chi connectivity index (χ1) is 13.1. The normalized spacial score (nSPS) is 10.9. The predicted molar refractivity (Wildman–Crippen MR) is 99.5 cm³/mol. The van der Waals surface area contributed by atoms with Gasteiger partial charge in [0.15, 0.2) is 0 Å². The van der Waals surface area contributed by atoms with E-state index < -0.39 is 0 Å². The van der Waals surface area contributed by atoms with Crippen LogP contribution in [0.3, 0.4) is 0 Å². The van der Waals surface area contributed by atoms with Crippen LogP contribution in [-0.2, 0) is 13.7 Å². The zero-order chi connectivity index (χ0) is 18.8. The van der Waals surface area contributed by atoms with Crippen LogP contribution in [0.4, 0.5) is 0 Å². The molecule has 2 heterocycles. The maximum Gasteiger partial charge on any atom is 0.368 e. The highest BCUT2D eigenvalue weighted by molar-refractivity contribution is 6.31. The molecule has 0 atom stereocenters. The summed E-state index contributed by atoms with van der Waals surface area (Å²) in [4.78, 5) is 12.1. The lowest BCUT2D eigenvalue weighted by Gasteiger charge is -2.08. The van der Waals surface area contributed by atoms with Gasteiger partial charge in [-0.25, -0.2) is 9.48 Å². The van der Waals surface area contributed by atoms with Crippen molar-refractivity contribution in [2.24, 2.45) is 7.05 Å². The Hall–Kier alpha value is -3.39. The third-order valence-corrected chi connectivity index (χ3v) is 4.22. The van der Waals surface area contributed by atoms with Gasteiger partial charge in [-0.05, 0) is 28.6 Å². The van der Waals surface area contributed by atoms with E-state index in [1.54, 1.807) is 24.0 Å². The average molecular weight is 383 g/mol. The van der Waals surface area contributed by atoms with E-state index in [1.807, 2.05) is 48.5 Å². The molecule has 27 heavy (non-hydrogen) atoms. The Morgan fingerprint density at radius 2 is 1.78 bits per heavy atom. The fraction of sp³-hybridized carbons (Fsp3) is 0.111. The van der Waals surface area contributed by atoms with Crippen molar-refractivity contribution < 1.29 is 4.74 Å². The molecule has 0 amide bonds. The molecule has 0 spiro atoms. The summed E-state index contributed by atoms with van der Waals surface area (Å²) in [5, 5.41) is 12.4. The van der Waals surface area contributed by atoms with E-state index in [0.717, 1.165) is 15.9 Å². The second kappa shape index (κ2) is 7.08. The zero-order valence-electron chi connectivity index (χ0n) is 14.4. The molecule has 0 aliphatic rings. The van der Waals surface area contributed by atoms with Crippen LogP contribution in [0.2, 0.25) is 5.02 Å². The first-order valence-electron chi connectivity index (χ1n) is 8.14. The Morgan fingerprint density at radius 3 is 2.52 bits per heavy atom. The number of tetrazole rings is 1. The fourth-order valence-corrected chi connectivity index (χ4v) is 2.78. The summed E-state index contributed by atoms with van der Waals surface area (Å²) in [5.74, 6) is 0.307. The molecule has 0 aliphatic heterocycles. The Labute approximate surface area is 159 Å². The second-order valence-corrected chi connectivity index (χ2v) is 6.18. The first kappa shape index (κ1) is 17.0. The number of aromatic nitrogens is 6. The quantitative estimate of drug-likeness (QED) is 0.529. The van der Waals surface area contributed by atoms with Crippen LogP contribution in [0, 0.1) is 0 Å². The summed E-state index contributed by atoms with van der Waals surface area (Å²) in [6, 6.07) is 16.9. The Balaban J connectivity index is 1.59. The van der Waals surface area contributed by atoms with Gasteiger partial charge in [0.1, 0.15) is 11.6 Å². The number of nitrogens with zero attached hydrogens (tertiary/aromatic N) is 6. The van der Waals surface area contributed by atoms with E-state index >= 15 is 0 Å². The molecule has 0 saturated carbocycles. The van der Waals surface area contributed by atoms with Crippen molar-refractivity contribution in [3.63, 3.8) is 0 Å². The highest BCUT2D eigenvalue weighted by atomic mass is 35.5. The van der Waals surface area contributed by atoms with Gasteiger partial charge in [0.05, 0.1) is 17.6 Å². The van der Waals surface area contributed by atoms with E-state index in [2.05, 4.69) is 15.5 Å². The summed E-state index contributed by atoms with van der Waals surface area (Å²) in [6.45, 7) is 0.171. The molecule has 0 bridgehead atoms. The molecule has 0 radical (unpaired) electrons. The smallest absolute Gasteiger partial charge is 0.368 e. The number of aryl methyl sites for hydroxylation is 1. The van der Waals surface area contributed by atoms with Crippen LogP contribution in [0.15, 0.2) is 65.6 Å². The number of halogens is 1. The maximum absolute atomic E-state index is 12.1. The Bertz CT molecular complexity index is 1130. The number of ether oxygens (including phenoxy) is 1. The van der Waals surface area contributed by atoms with E-state index in [4.69, 9.17) is 16.3 Å². The van der Waals surface area contributed by atoms with Crippen LogP contribution in [0.1, 0.15) is 5.56 Å². The third kappa shape index (κ3) is 3.34. The lowest BCUT2D eigenvalue weighted by Crippen LogP contribution is -2.23. The van der Waals surface area contributed by atoms with Crippen LogP contribution in [0.5, 0.6) is 5.88 Å². The van der Waals surface area contributed by atoms with Crippen molar-refractivity contribution >= 4 is 11.6 Å². The lowest BCUT2D eigenvalue weighted by atomic mass is 10.2. The van der Waals surface area contributed by atoms with Gasteiger partial charge in [0.25, 0.3) is 5.88 Å². The third-order valence-electron chi connectivity index (χ3n) is 3.97. The number of hydrogen-bond donors (Lipinski definition) is 0. The second-order valence-electron chi connectivity index (χ2n) is 5.78. The zero-order valence-corrected chi connectivity index (χ0v) is 15.1. The SMILES string of the molecule is Cn1nnn(-c2ccccc2COc2nn(-c3ccccc3)cc2Cl)c1=O. The molecule has 0 saturated heterocycles. The van der Waals surface area contributed by atoms with Gasteiger partial charge >= 0.3 is 5.69 Å². The fourth-order valence-electron chi connectivity index (χ4n) is 2.60. The molecule has 0 N–H and O–H groups in total. The standard InChI is InChI=1S/C18H15ClN6O2/c1-23-18(26)25(22-21-23)16-10-6-5-7-13(16)12-27-17-15(19)11-24(20-17)14-8-3-2-4-9-14/h2-11H,12H2,1H3. The predicted octanol–water partition coefficient (Wildman–Crippen LogP) is 2.38. The molecule has 4 rings (SSSR count). The number of para-hydroxylation sites is 2. The Morgan fingerprint density at radius 1 is 1.04 bits per heavy atom. The minimum atomic E-state index is -0.339. The van der Waals surface area contributed by atoms with Crippen molar-refractivity contribution in [2.45, 2.75) is 6.61 Å². The molecule has 9 heteroatoms. The molecule has 2 aromatic heterocycles. The van der Waals surface area contributed by atoms with Crippen LogP contribution in [0.25, 0.3) is 11.4 Å². The van der Waals surface area contributed by atoms with Crippen molar-refractivity contribution in [1.82, 2.24) is 29.6 Å². The van der Waals surface area contributed by atoms with E-state index in [1.165, 1.54) is 4.68 Å². The lowest BCUT2D eigenvalue weighted by molar-refractivity contribution is 0.291. The van der Waals surface area contributed by atoms with Gasteiger partial charge in [-0.2, -0.15) is 9.36 Å². The Kier molecular flexibility index (Phi) is 4.47. The minimum absolute atomic E-state index is 0.171. The number of hydrogen-bond acceptors (Lipinski definition) is 5. The maximum atomic E-state index is 12.1. The van der Waals surface area contributed by atoms with E-state index in [-0.39, 0.29) is 12.3 Å². The van der Waals surface area contributed by atoms with Crippen LogP contribution < -0.4 is 10.4 Å². The van der Waals surface area contributed by atoms with Crippen molar-refractivity contribution in [3.05, 3.63) is 81.9 Å². The number of rotatable bonds is 5. The van der Waals surface area contributed by atoms with E-state index in [0.29, 0.717) is 16.6 Å². The topological polar surface area (TPSA) is 79.8 Å². The summed E-state index contributed by atoms with van der Waals surface area (Å²) < 4.78 is 9.84. The molecule has 0 unspecified atom stereocenters. The van der Waals surface area contributed by atoms with Gasteiger partial charge in [-0.1, -0.05) is 48.0 Å². The first-order valence-corrected chi connectivity index (χ1v) is 8.52. The highest BCUT2D eigenvalue weighted by Crippen LogP contribution is 2.25. The van der Waals surface area contributed by atoms with Crippen molar-refractivity contribution in [3.8, 4) is 17.3 Å². The van der Waals surface area contributed by atoms with Crippen molar-refractivity contribution in [2.75, 3.05) is 0 Å². The van der Waals surface area contributed by atoms with Gasteiger partial charge in [0, 0.05) is 12.6 Å². The van der Waals surface area contributed by atoms with E-state index in [9.17, 15) is 4.79 Å². The molecule has 8 nitrogen and oxygen atoms in total. The van der Waals surface area contributed by atoms with Crippen LogP contribution in [-0.4, -0.2) is 29.6 Å². The summed E-state index contributed by atoms with van der Waals surface area (Å²) in [7, 11) is 1.54. The monoisotopic (exact) mass is 382 g/mol. The molecule has 136 valence electrons. The highest BCUT2D eigenvalue weighted by Gasteiger charge is 2.14. The average Bonchev–Trinajstić information content (AvgIpc) is 3.23.